The molecule has 0 saturated carbocycles. The van der Waals surface area contributed by atoms with E-state index in [1.165, 1.54) is 0 Å². The second kappa shape index (κ2) is 4.53. The molecule has 8 heavy (non-hydrogen) atoms. The van der Waals surface area contributed by atoms with Crippen molar-refractivity contribution in [1.29, 1.82) is 0 Å². The maximum Gasteiger partial charge on any atom is 0.121 e. The summed E-state index contributed by atoms with van der Waals surface area (Å²) in [6.07, 6.45) is 4.89. The smallest absolute Gasteiger partial charge is 0.121 e. The average Bonchev–Trinajstić information content (AvgIpc) is 1.68. The molecule has 0 aliphatic heterocycles. The topological polar surface area (TPSA) is 43.1 Å². The molecule has 0 aliphatic carbocycles. The first-order valence-corrected chi connectivity index (χ1v) is 2.63. The molecule has 0 saturated heterocycles. The summed E-state index contributed by atoms with van der Waals surface area (Å²) in [5.74, 6) is 0. The predicted octanol–water partition coefficient (Wildman–Crippen LogP) is 0.479. The number of carbonyl (C=O) groups excluding carboxylic acids is 1. The number of aldehydes is 1. The molecule has 0 rings (SSSR count). The summed E-state index contributed by atoms with van der Waals surface area (Å²) in [6.45, 7) is 1.88. The van der Waals surface area contributed by atoms with Crippen molar-refractivity contribution in [2.75, 3.05) is 0 Å². The number of carbonyl (C=O) groups is 1. The van der Waals surface area contributed by atoms with Crippen molar-refractivity contribution in [1.82, 2.24) is 0 Å². The molecule has 0 aromatic heterocycles. The summed E-state index contributed by atoms with van der Waals surface area (Å²) in [5.41, 5.74) is 5.38. The fourth-order valence-electron chi connectivity index (χ4n) is 0.437. The van der Waals surface area contributed by atoms with Crippen LogP contribution < -0.4 is 5.73 Å². The van der Waals surface area contributed by atoms with Crippen molar-refractivity contribution in [3.05, 3.63) is 12.2 Å². The number of hydrogen-bond acceptors (Lipinski definition) is 2. The van der Waals surface area contributed by atoms with Gasteiger partial charge in [0.15, 0.2) is 0 Å². The molecule has 0 fully saturated rings. The third-order valence-electron chi connectivity index (χ3n) is 0.808. The number of nitrogens with two attached hydrogens (primary N) is 1. The number of allylic oxidation sites excluding steroid dienone is 1. The molecule has 0 amide bonds. The summed E-state index contributed by atoms with van der Waals surface area (Å²) < 4.78 is 0. The van der Waals surface area contributed by atoms with Gasteiger partial charge in [0.05, 0.1) is 0 Å². The van der Waals surface area contributed by atoms with Crippen LogP contribution in [-0.2, 0) is 4.79 Å². The Hall–Kier alpha value is -0.630. The third-order valence-corrected chi connectivity index (χ3v) is 0.808. The van der Waals surface area contributed by atoms with E-state index in [2.05, 4.69) is 0 Å². The Kier molecular flexibility index (Phi) is 4.17. The van der Waals surface area contributed by atoms with Crippen LogP contribution in [0.15, 0.2) is 12.2 Å². The summed E-state index contributed by atoms with van der Waals surface area (Å²) in [5, 5.41) is 0. The van der Waals surface area contributed by atoms with Crippen molar-refractivity contribution in [3.8, 4) is 0 Å². The Morgan fingerprint density at radius 1 is 1.75 bits per heavy atom. The van der Waals surface area contributed by atoms with E-state index in [1.54, 1.807) is 6.08 Å². The van der Waals surface area contributed by atoms with E-state index >= 15 is 0 Å². The Bertz CT molecular complexity index is 88.5. The Labute approximate surface area is 49.4 Å². The third kappa shape index (κ3) is 3.56. The highest BCUT2D eigenvalue weighted by Crippen LogP contribution is 1.84. The van der Waals surface area contributed by atoms with Crippen molar-refractivity contribution in [3.63, 3.8) is 0 Å². The SMILES string of the molecule is CC=CC(N)CC=O. The lowest BCUT2D eigenvalue weighted by molar-refractivity contribution is -0.107. The largest absolute Gasteiger partial charge is 0.324 e. The van der Waals surface area contributed by atoms with Gasteiger partial charge in [-0.2, -0.15) is 0 Å². The van der Waals surface area contributed by atoms with E-state index in [1.807, 2.05) is 13.0 Å². The van der Waals surface area contributed by atoms with Gasteiger partial charge in [0.25, 0.3) is 0 Å². The first-order chi connectivity index (χ1) is 3.81. The fraction of sp³-hybridized carbons (Fsp3) is 0.500. The minimum atomic E-state index is -0.0856. The molecule has 1 atom stereocenters. The van der Waals surface area contributed by atoms with Gasteiger partial charge in [-0.3, -0.25) is 0 Å². The van der Waals surface area contributed by atoms with Gasteiger partial charge in [-0.25, -0.2) is 0 Å². The molecule has 0 aliphatic rings. The normalized spacial score (nSPS) is 14.2. The highest BCUT2D eigenvalue weighted by atomic mass is 16.1. The van der Waals surface area contributed by atoms with E-state index in [-0.39, 0.29) is 6.04 Å². The first kappa shape index (κ1) is 7.37. The molecule has 0 spiro atoms. The van der Waals surface area contributed by atoms with Crippen LogP contribution in [0.4, 0.5) is 0 Å². The number of rotatable bonds is 3. The van der Waals surface area contributed by atoms with Crippen molar-refractivity contribution >= 4 is 6.29 Å². The van der Waals surface area contributed by atoms with Crippen LogP contribution in [0.1, 0.15) is 13.3 Å². The lowest BCUT2D eigenvalue weighted by Gasteiger charge is -1.95. The van der Waals surface area contributed by atoms with Crippen molar-refractivity contribution < 1.29 is 4.79 Å². The molecule has 0 bridgehead atoms. The molecule has 0 aromatic rings. The molecule has 0 radical (unpaired) electrons. The van der Waals surface area contributed by atoms with Crippen molar-refractivity contribution in [2.45, 2.75) is 19.4 Å². The molecule has 0 heterocycles. The minimum absolute atomic E-state index is 0.0856. The van der Waals surface area contributed by atoms with Gasteiger partial charge in [-0.1, -0.05) is 12.2 Å². The van der Waals surface area contributed by atoms with Gasteiger partial charge < -0.3 is 10.5 Å². The lowest BCUT2D eigenvalue weighted by Crippen LogP contribution is -2.16. The molecule has 2 N–H and O–H groups in total. The van der Waals surface area contributed by atoms with Gasteiger partial charge in [0.2, 0.25) is 0 Å². The molecule has 46 valence electrons. The van der Waals surface area contributed by atoms with E-state index in [4.69, 9.17) is 5.73 Å². The van der Waals surface area contributed by atoms with Crippen LogP contribution in [-0.4, -0.2) is 12.3 Å². The van der Waals surface area contributed by atoms with E-state index < -0.39 is 0 Å². The standard InChI is InChI=1S/C6H11NO/c1-2-3-6(7)4-5-8/h2-3,5-6H,4,7H2,1H3. The van der Waals surface area contributed by atoms with Crippen LogP contribution in [0.25, 0.3) is 0 Å². The monoisotopic (exact) mass is 113 g/mol. The predicted molar refractivity (Wildman–Crippen MR) is 33.5 cm³/mol. The molecule has 0 aromatic carbocycles. The van der Waals surface area contributed by atoms with Crippen LogP contribution in [0.5, 0.6) is 0 Å². The quantitative estimate of drug-likeness (QED) is 0.427. The van der Waals surface area contributed by atoms with E-state index in [0.29, 0.717) is 6.42 Å². The minimum Gasteiger partial charge on any atom is -0.324 e. The highest BCUT2D eigenvalue weighted by molar-refractivity contribution is 5.50. The zero-order valence-corrected chi connectivity index (χ0v) is 5.00. The van der Waals surface area contributed by atoms with Gasteiger partial charge in [0, 0.05) is 12.5 Å². The second-order valence-electron chi connectivity index (χ2n) is 1.59. The summed E-state index contributed by atoms with van der Waals surface area (Å²) in [7, 11) is 0. The average molecular weight is 113 g/mol. The molecular weight excluding hydrogens is 102 g/mol. The molecule has 1 unspecified atom stereocenters. The summed E-state index contributed by atoms with van der Waals surface area (Å²) in [6, 6.07) is -0.0856. The molecule has 2 nitrogen and oxygen atoms in total. The Morgan fingerprint density at radius 2 is 2.38 bits per heavy atom. The zero-order valence-electron chi connectivity index (χ0n) is 5.00. The van der Waals surface area contributed by atoms with Crippen molar-refractivity contribution in [2.24, 2.45) is 5.73 Å². The Balaban J connectivity index is 3.31. The lowest BCUT2D eigenvalue weighted by atomic mass is 10.2. The van der Waals surface area contributed by atoms with Gasteiger partial charge in [0.1, 0.15) is 6.29 Å². The fourth-order valence-corrected chi connectivity index (χ4v) is 0.437. The Morgan fingerprint density at radius 3 is 2.75 bits per heavy atom. The number of hydrogen-bond donors (Lipinski definition) is 1. The summed E-state index contributed by atoms with van der Waals surface area (Å²) in [4.78, 5) is 9.78. The van der Waals surface area contributed by atoms with Crippen LogP contribution in [0.2, 0.25) is 0 Å². The molecular formula is C6H11NO. The maximum atomic E-state index is 9.78. The van der Waals surface area contributed by atoms with Crippen LogP contribution in [0.3, 0.4) is 0 Å². The zero-order chi connectivity index (χ0) is 6.41. The second-order valence-corrected chi connectivity index (χ2v) is 1.59. The first-order valence-electron chi connectivity index (χ1n) is 2.63. The summed E-state index contributed by atoms with van der Waals surface area (Å²) >= 11 is 0. The highest BCUT2D eigenvalue weighted by Gasteiger charge is 1.90. The van der Waals surface area contributed by atoms with Gasteiger partial charge in [-0.05, 0) is 6.92 Å². The van der Waals surface area contributed by atoms with Crippen LogP contribution in [0, 0.1) is 0 Å². The van der Waals surface area contributed by atoms with E-state index in [0.717, 1.165) is 6.29 Å². The van der Waals surface area contributed by atoms with E-state index in [9.17, 15) is 4.79 Å². The van der Waals surface area contributed by atoms with Gasteiger partial charge in [-0.15, -0.1) is 0 Å². The van der Waals surface area contributed by atoms with Gasteiger partial charge >= 0.3 is 0 Å². The maximum absolute atomic E-state index is 9.78. The molecule has 2 heteroatoms. The van der Waals surface area contributed by atoms with Crippen LogP contribution >= 0.6 is 0 Å².